The van der Waals surface area contributed by atoms with E-state index in [-0.39, 0.29) is 48.8 Å². The van der Waals surface area contributed by atoms with Crippen LogP contribution in [0.1, 0.15) is 41.6 Å². The molecule has 0 aliphatic carbocycles. The molecule has 0 radical (unpaired) electrons. The van der Waals surface area contributed by atoms with Gasteiger partial charge in [-0.1, -0.05) is 24.3 Å². The van der Waals surface area contributed by atoms with Crippen LogP contribution in [0.15, 0.2) is 53.5 Å². The average molecular weight is 584 g/mol. The monoisotopic (exact) mass is 583 g/mol. The molecule has 0 spiro atoms. The van der Waals surface area contributed by atoms with Gasteiger partial charge in [0.05, 0.1) is 17.8 Å². The molecule has 42 heavy (non-hydrogen) atoms. The first-order valence-corrected chi connectivity index (χ1v) is 13.4. The highest BCUT2D eigenvalue weighted by Gasteiger charge is 2.36. The van der Waals surface area contributed by atoms with Crippen molar-refractivity contribution in [2.24, 2.45) is 16.5 Å². The van der Waals surface area contributed by atoms with Crippen LogP contribution in [-0.4, -0.2) is 76.6 Å². The van der Waals surface area contributed by atoms with E-state index < -0.39 is 29.8 Å². The van der Waals surface area contributed by atoms with Gasteiger partial charge in [0, 0.05) is 25.3 Å². The average Bonchev–Trinajstić information content (AvgIpc) is 3.46. The smallest absolute Gasteiger partial charge is 0.256 e. The summed E-state index contributed by atoms with van der Waals surface area (Å²) < 4.78 is 0. The molecule has 1 heterocycles. The number of anilines is 2. The zero-order valence-electron chi connectivity index (χ0n) is 23.0. The Balaban J connectivity index is 1.59. The number of para-hydroxylation sites is 1. The highest BCUT2D eigenvalue weighted by atomic mass is 16.8. The predicted molar refractivity (Wildman–Crippen MR) is 154 cm³/mol. The van der Waals surface area contributed by atoms with Crippen molar-refractivity contribution in [1.82, 2.24) is 20.9 Å². The van der Waals surface area contributed by atoms with Crippen LogP contribution in [0.4, 0.5) is 11.4 Å². The van der Waals surface area contributed by atoms with Crippen molar-refractivity contribution in [2.45, 2.75) is 44.3 Å². The first-order chi connectivity index (χ1) is 20.1. The summed E-state index contributed by atoms with van der Waals surface area (Å²) in [7, 11) is 0. The van der Waals surface area contributed by atoms with Crippen molar-refractivity contribution >= 4 is 41.0 Å². The van der Waals surface area contributed by atoms with Crippen molar-refractivity contribution in [2.75, 3.05) is 30.6 Å². The van der Waals surface area contributed by atoms with Gasteiger partial charge < -0.3 is 38.1 Å². The summed E-state index contributed by atoms with van der Waals surface area (Å²) >= 11 is 0. The number of benzene rings is 2. The SMILES string of the molecule is NC(N)=NCCCC(NC(=O)C1CCCN1C(=O)c1ccccc1N)C(=O)NCC(=O)NCc1ccc(N(O)O)cc1. The standard InChI is InChI=1S/C27H37N9O6/c28-20-6-2-1-5-19(20)26(40)35-14-4-8-22(35)25(39)34-21(7-3-13-31-27(29)30)24(38)33-16-23(37)32-15-17-9-11-18(12-10-17)36(41)42/h1-2,5-6,9-12,21-22,41-42H,3-4,7-8,13-16,28H2,(H,32,37)(H,33,38)(H,34,39)(H4,29,30,31). The van der Waals surface area contributed by atoms with Crippen molar-refractivity contribution in [3.8, 4) is 0 Å². The number of nitrogens with zero attached hydrogens (tertiary/aromatic N) is 3. The maximum atomic E-state index is 13.3. The largest absolute Gasteiger partial charge is 0.398 e. The molecule has 4 amide bonds. The lowest BCUT2D eigenvalue weighted by Crippen LogP contribution is -2.54. The fourth-order valence-corrected chi connectivity index (χ4v) is 4.47. The second-order valence-corrected chi connectivity index (χ2v) is 9.70. The topological polar surface area (TPSA) is 242 Å². The zero-order valence-corrected chi connectivity index (χ0v) is 23.0. The molecule has 2 aromatic rings. The molecule has 1 saturated heterocycles. The van der Waals surface area contributed by atoms with E-state index in [1.165, 1.54) is 17.0 Å². The highest BCUT2D eigenvalue weighted by molar-refractivity contribution is 6.02. The van der Waals surface area contributed by atoms with Gasteiger partial charge in [-0.15, -0.1) is 5.23 Å². The Morgan fingerprint density at radius 1 is 1.05 bits per heavy atom. The molecule has 3 rings (SSSR count). The number of guanidine groups is 1. The summed E-state index contributed by atoms with van der Waals surface area (Å²) in [6.07, 6.45) is 1.58. The van der Waals surface area contributed by atoms with E-state index in [4.69, 9.17) is 27.6 Å². The first-order valence-electron chi connectivity index (χ1n) is 13.4. The Morgan fingerprint density at radius 3 is 2.43 bits per heavy atom. The minimum absolute atomic E-state index is 0.0221. The number of aliphatic imine (C=N–C) groups is 1. The summed E-state index contributed by atoms with van der Waals surface area (Å²) in [5.74, 6) is -2.01. The molecule has 226 valence electrons. The summed E-state index contributed by atoms with van der Waals surface area (Å²) in [6, 6.07) is 10.9. The molecule has 2 unspecified atom stereocenters. The molecule has 15 nitrogen and oxygen atoms in total. The van der Waals surface area contributed by atoms with Gasteiger partial charge in [0.1, 0.15) is 12.1 Å². The van der Waals surface area contributed by atoms with Gasteiger partial charge in [-0.2, -0.15) is 0 Å². The van der Waals surface area contributed by atoms with Crippen molar-refractivity contribution < 1.29 is 29.6 Å². The normalized spacial score (nSPS) is 14.9. The Hall–Kier alpha value is -4.89. The van der Waals surface area contributed by atoms with Crippen LogP contribution in [-0.2, 0) is 20.9 Å². The third-order valence-corrected chi connectivity index (χ3v) is 6.67. The van der Waals surface area contributed by atoms with Gasteiger partial charge in [-0.3, -0.25) is 34.6 Å². The van der Waals surface area contributed by atoms with Gasteiger partial charge in [-0.25, -0.2) is 0 Å². The first kappa shape index (κ1) is 31.6. The van der Waals surface area contributed by atoms with E-state index in [1.807, 2.05) is 0 Å². The number of likely N-dealkylation sites (tertiary alicyclic amines) is 1. The van der Waals surface area contributed by atoms with Gasteiger partial charge >= 0.3 is 0 Å². The fraction of sp³-hybridized carbons (Fsp3) is 0.370. The van der Waals surface area contributed by atoms with E-state index in [1.54, 1.807) is 36.4 Å². The second-order valence-electron chi connectivity index (χ2n) is 9.70. The molecular weight excluding hydrogens is 546 g/mol. The van der Waals surface area contributed by atoms with Crippen LogP contribution >= 0.6 is 0 Å². The van der Waals surface area contributed by atoms with E-state index in [0.717, 1.165) is 0 Å². The van der Waals surface area contributed by atoms with E-state index in [9.17, 15) is 19.2 Å². The summed E-state index contributed by atoms with van der Waals surface area (Å²) in [6.45, 7) is 0.391. The lowest BCUT2D eigenvalue weighted by atomic mass is 10.1. The van der Waals surface area contributed by atoms with Gasteiger partial charge in [0.25, 0.3) is 5.91 Å². The lowest BCUT2D eigenvalue weighted by molar-refractivity contribution is -0.132. The molecule has 1 aliphatic rings. The molecule has 0 saturated carbocycles. The number of carbonyl (C=O) groups is 4. The number of nitrogen functional groups attached to an aromatic ring is 1. The Bertz CT molecular complexity index is 1280. The zero-order chi connectivity index (χ0) is 30.6. The van der Waals surface area contributed by atoms with Gasteiger partial charge in [0.2, 0.25) is 17.7 Å². The number of hydrogen-bond donors (Lipinski definition) is 8. The van der Waals surface area contributed by atoms with Crippen LogP contribution in [0.2, 0.25) is 0 Å². The number of carbonyl (C=O) groups excluding carboxylic acids is 4. The van der Waals surface area contributed by atoms with E-state index in [2.05, 4.69) is 20.9 Å². The maximum Gasteiger partial charge on any atom is 0.256 e. The number of hydrogen-bond acceptors (Lipinski definition) is 9. The molecule has 0 bridgehead atoms. The van der Waals surface area contributed by atoms with Crippen molar-refractivity contribution in [3.05, 3.63) is 59.7 Å². The van der Waals surface area contributed by atoms with Gasteiger partial charge in [0.15, 0.2) is 5.96 Å². The lowest BCUT2D eigenvalue weighted by Gasteiger charge is -2.27. The third-order valence-electron chi connectivity index (χ3n) is 6.67. The van der Waals surface area contributed by atoms with Crippen molar-refractivity contribution in [1.29, 1.82) is 0 Å². The second kappa shape index (κ2) is 15.2. The summed E-state index contributed by atoms with van der Waals surface area (Å²) in [4.78, 5) is 57.2. The molecule has 15 heteroatoms. The molecule has 2 atom stereocenters. The molecule has 11 N–H and O–H groups in total. The summed E-state index contributed by atoms with van der Waals surface area (Å²) in [5.41, 5.74) is 18.2. The molecular formula is C27H37N9O6. The van der Waals surface area contributed by atoms with Crippen LogP contribution in [0.5, 0.6) is 0 Å². The minimum atomic E-state index is -1.01. The third kappa shape index (κ3) is 9.07. The van der Waals surface area contributed by atoms with Crippen LogP contribution in [0, 0.1) is 0 Å². The minimum Gasteiger partial charge on any atom is -0.398 e. The Morgan fingerprint density at radius 2 is 1.76 bits per heavy atom. The Kier molecular flexibility index (Phi) is 11.5. The summed E-state index contributed by atoms with van der Waals surface area (Å²) in [5, 5.41) is 25.9. The number of nitrogens with two attached hydrogens (primary N) is 3. The molecule has 0 aromatic heterocycles. The van der Waals surface area contributed by atoms with E-state index >= 15 is 0 Å². The number of nitrogens with one attached hydrogen (secondary N) is 3. The molecule has 2 aromatic carbocycles. The Labute approximate surface area is 242 Å². The van der Waals surface area contributed by atoms with Crippen LogP contribution < -0.4 is 38.4 Å². The molecule has 1 aliphatic heterocycles. The maximum absolute atomic E-state index is 13.3. The highest BCUT2D eigenvalue weighted by Crippen LogP contribution is 2.23. The van der Waals surface area contributed by atoms with Gasteiger partial charge in [-0.05, 0) is 55.5 Å². The van der Waals surface area contributed by atoms with Crippen LogP contribution in [0.3, 0.4) is 0 Å². The number of rotatable bonds is 13. The van der Waals surface area contributed by atoms with Crippen LogP contribution in [0.25, 0.3) is 0 Å². The molecule has 1 fully saturated rings. The van der Waals surface area contributed by atoms with E-state index in [0.29, 0.717) is 42.6 Å². The van der Waals surface area contributed by atoms with Crippen molar-refractivity contribution in [3.63, 3.8) is 0 Å². The quantitative estimate of drug-likeness (QED) is 0.0491. The fourth-order valence-electron chi connectivity index (χ4n) is 4.47. The predicted octanol–water partition coefficient (Wildman–Crippen LogP) is -0.571. The number of amides is 4.